The second-order valence-corrected chi connectivity index (χ2v) is 6.14. The molecule has 0 heterocycles. The molecule has 0 unspecified atom stereocenters. The molecule has 0 amide bonds. The van der Waals surface area contributed by atoms with E-state index in [4.69, 9.17) is 10.5 Å². The molecule has 0 radical (unpaired) electrons. The summed E-state index contributed by atoms with van der Waals surface area (Å²) in [4.78, 5) is 2.39. The maximum absolute atomic E-state index is 5.85. The molecule has 0 atom stereocenters. The average Bonchev–Trinajstić information content (AvgIpc) is 3.09. The number of ether oxygens (including phenoxy) is 1. The number of nitrogens with two attached hydrogens (primary N) is 1. The zero-order chi connectivity index (χ0) is 14.0. The molecule has 2 N–H and O–H groups in total. The van der Waals surface area contributed by atoms with Gasteiger partial charge in [-0.3, -0.25) is 0 Å². The van der Waals surface area contributed by atoms with Crippen molar-refractivity contribution in [2.45, 2.75) is 33.2 Å². The summed E-state index contributed by atoms with van der Waals surface area (Å²) in [6.45, 7) is 7.12. The summed E-state index contributed by atoms with van der Waals surface area (Å²) in [6, 6.07) is 4.45. The van der Waals surface area contributed by atoms with E-state index in [1.165, 1.54) is 29.5 Å². The zero-order valence-electron chi connectivity index (χ0n) is 12.6. The molecule has 1 aromatic carbocycles. The number of nitrogens with zero attached hydrogens (tertiary/aromatic N) is 1. The first-order valence-corrected chi connectivity index (χ1v) is 7.02. The van der Waals surface area contributed by atoms with Crippen LogP contribution in [-0.4, -0.2) is 32.1 Å². The Hall–Kier alpha value is -1.06. The standard InChI is InChI=1S/C16H26N2O/c1-12-7-14(8-13(2)15(12)19-4)9-18(3)11-16(10-17)5-6-16/h7-8H,5-6,9-11,17H2,1-4H3. The summed E-state index contributed by atoms with van der Waals surface area (Å²) in [7, 11) is 3.92. The first-order chi connectivity index (χ1) is 8.99. The van der Waals surface area contributed by atoms with Gasteiger partial charge in [0, 0.05) is 13.1 Å². The molecule has 3 nitrogen and oxygen atoms in total. The van der Waals surface area contributed by atoms with Crippen molar-refractivity contribution in [3.63, 3.8) is 0 Å². The smallest absolute Gasteiger partial charge is 0.124 e. The molecular weight excluding hydrogens is 236 g/mol. The number of benzene rings is 1. The third-order valence-electron chi connectivity index (χ3n) is 4.17. The minimum absolute atomic E-state index is 0.408. The molecule has 0 bridgehead atoms. The molecule has 1 aromatic rings. The number of aryl methyl sites for hydroxylation is 2. The number of hydrogen-bond acceptors (Lipinski definition) is 3. The van der Waals surface area contributed by atoms with Crippen LogP contribution in [0.2, 0.25) is 0 Å². The molecule has 3 heteroatoms. The maximum atomic E-state index is 5.85. The van der Waals surface area contributed by atoms with Gasteiger partial charge in [0.25, 0.3) is 0 Å². The lowest BCUT2D eigenvalue weighted by atomic mass is 10.0. The van der Waals surface area contributed by atoms with E-state index in [-0.39, 0.29) is 0 Å². The summed E-state index contributed by atoms with van der Waals surface area (Å²) in [6.07, 6.45) is 2.57. The Morgan fingerprint density at radius 1 is 1.26 bits per heavy atom. The summed E-state index contributed by atoms with van der Waals surface area (Å²) < 4.78 is 5.41. The Balaban J connectivity index is 2.03. The van der Waals surface area contributed by atoms with E-state index in [2.05, 4.69) is 37.9 Å². The van der Waals surface area contributed by atoms with E-state index in [9.17, 15) is 0 Å². The maximum Gasteiger partial charge on any atom is 0.124 e. The van der Waals surface area contributed by atoms with E-state index in [1.807, 2.05) is 0 Å². The van der Waals surface area contributed by atoms with Gasteiger partial charge in [0.2, 0.25) is 0 Å². The van der Waals surface area contributed by atoms with Crippen molar-refractivity contribution in [1.29, 1.82) is 0 Å². The lowest BCUT2D eigenvalue weighted by Gasteiger charge is -2.23. The van der Waals surface area contributed by atoms with Crippen LogP contribution >= 0.6 is 0 Å². The summed E-state index contributed by atoms with van der Waals surface area (Å²) in [5, 5.41) is 0. The van der Waals surface area contributed by atoms with Crippen molar-refractivity contribution in [2.75, 3.05) is 27.2 Å². The number of rotatable bonds is 6. The fraction of sp³-hybridized carbons (Fsp3) is 0.625. The van der Waals surface area contributed by atoms with Crippen molar-refractivity contribution in [2.24, 2.45) is 11.1 Å². The van der Waals surface area contributed by atoms with Crippen LogP contribution in [0.4, 0.5) is 0 Å². The fourth-order valence-corrected chi connectivity index (χ4v) is 3.00. The van der Waals surface area contributed by atoms with Gasteiger partial charge in [0.1, 0.15) is 5.75 Å². The lowest BCUT2D eigenvalue weighted by Crippen LogP contribution is -2.31. The van der Waals surface area contributed by atoms with Gasteiger partial charge in [0.05, 0.1) is 7.11 Å². The zero-order valence-corrected chi connectivity index (χ0v) is 12.6. The van der Waals surface area contributed by atoms with Gasteiger partial charge in [0.15, 0.2) is 0 Å². The van der Waals surface area contributed by atoms with Crippen molar-refractivity contribution in [3.05, 3.63) is 28.8 Å². The van der Waals surface area contributed by atoms with E-state index >= 15 is 0 Å². The van der Waals surface area contributed by atoms with Gasteiger partial charge in [-0.05, 0) is 62.4 Å². The molecular formula is C16H26N2O. The number of hydrogen-bond donors (Lipinski definition) is 1. The average molecular weight is 262 g/mol. The van der Waals surface area contributed by atoms with Crippen LogP contribution in [0.1, 0.15) is 29.5 Å². The van der Waals surface area contributed by atoms with Crippen LogP contribution in [0, 0.1) is 19.3 Å². The van der Waals surface area contributed by atoms with Gasteiger partial charge >= 0.3 is 0 Å². The SMILES string of the molecule is COc1c(C)cc(CN(C)CC2(CN)CC2)cc1C. The normalized spacial score (nSPS) is 16.7. The molecule has 0 spiro atoms. The lowest BCUT2D eigenvalue weighted by molar-refractivity contribution is 0.259. The quantitative estimate of drug-likeness (QED) is 0.856. The molecule has 1 saturated carbocycles. The Labute approximate surface area is 116 Å². The molecule has 19 heavy (non-hydrogen) atoms. The highest BCUT2D eigenvalue weighted by molar-refractivity contribution is 5.43. The molecule has 1 fully saturated rings. The highest BCUT2D eigenvalue weighted by Crippen LogP contribution is 2.45. The van der Waals surface area contributed by atoms with E-state index in [1.54, 1.807) is 7.11 Å². The Morgan fingerprint density at radius 3 is 2.26 bits per heavy atom. The molecule has 0 saturated heterocycles. The second kappa shape index (κ2) is 5.51. The number of methoxy groups -OCH3 is 1. The van der Waals surface area contributed by atoms with Crippen LogP contribution in [0.15, 0.2) is 12.1 Å². The van der Waals surface area contributed by atoms with Gasteiger partial charge in [-0.2, -0.15) is 0 Å². The van der Waals surface area contributed by atoms with E-state index < -0.39 is 0 Å². The molecule has 1 aliphatic rings. The van der Waals surface area contributed by atoms with Gasteiger partial charge < -0.3 is 15.4 Å². The first-order valence-electron chi connectivity index (χ1n) is 7.02. The van der Waals surface area contributed by atoms with Crippen molar-refractivity contribution >= 4 is 0 Å². The van der Waals surface area contributed by atoms with Crippen molar-refractivity contribution < 1.29 is 4.74 Å². The minimum atomic E-state index is 0.408. The van der Waals surface area contributed by atoms with Crippen LogP contribution in [-0.2, 0) is 6.54 Å². The predicted molar refractivity (Wildman–Crippen MR) is 79.5 cm³/mol. The van der Waals surface area contributed by atoms with Crippen LogP contribution in [0.25, 0.3) is 0 Å². The largest absolute Gasteiger partial charge is 0.496 e. The highest BCUT2D eigenvalue weighted by Gasteiger charge is 2.41. The summed E-state index contributed by atoms with van der Waals surface area (Å²) >= 11 is 0. The molecule has 0 aliphatic heterocycles. The second-order valence-electron chi connectivity index (χ2n) is 6.14. The molecule has 0 aromatic heterocycles. The van der Waals surface area contributed by atoms with Crippen LogP contribution < -0.4 is 10.5 Å². The van der Waals surface area contributed by atoms with Crippen molar-refractivity contribution in [3.8, 4) is 5.75 Å². The topological polar surface area (TPSA) is 38.5 Å². The van der Waals surface area contributed by atoms with Crippen molar-refractivity contribution in [1.82, 2.24) is 4.90 Å². The van der Waals surface area contributed by atoms with E-state index in [0.717, 1.165) is 25.4 Å². The van der Waals surface area contributed by atoms with Crippen LogP contribution in [0.5, 0.6) is 5.75 Å². The third kappa shape index (κ3) is 3.28. The third-order valence-corrected chi connectivity index (χ3v) is 4.17. The first kappa shape index (κ1) is 14.4. The van der Waals surface area contributed by atoms with Gasteiger partial charge in [-0.25, -0.2) is 0 Å². The highest BCUT2D eigenvalue weighted by atomic mass is 16.5. The summed E-state index contributed by atoms with van der Waals surface area (Å²) in [5.74, 6) is 1.01. The Morgan fingerprint density at radius 2 is 1.84 bits per heavy atom. The molecule has 1 aliphatic carbocycles. The van der Waals surface area contributed by atoms with Crippen LogP contribution in [0.3, 0.4) is 0 Å². The monoisotopic (exact) mass is 262 g/mol. The van der Waals surface area contributed by atoms with Gasteiger partial charge in [-0.15, -0.1) is 0 Å². The molecule has 106 valence electrons. The van der Waals surface area contributed by atoms with E-state index in [0.29, 0.717) is 5.41 Å². The van der Waals surface area contributed by atoms with Gasteiger partial charge in [-0.1, -0.05) is 12.1 Å². The Kier molecular flexibility index (Phi) is 4.16. The fourth-order valence-electron chi connectivity index (χ4n) is 3.00. The predicted octanol–water partition coefficient (Wildman–Crippen LogP) is 2.48. The Bertz CT molecular complexity index is 429. The summed E-state index contributed by atoms with van der Waals surface area (Å²) in [5.41, 5.74) is 10.0. The minimum Gasteiger partial charge on any atom is -0.496 e. The molecule has 2 rings (SSSR count).